The predicted octanol–water partition coefficient (Wildman–Crippen LogP) is 6.74. The molecule has 0 saturated carbocycles. The van der Waals surface area contributed by atoms with Crippen LogP contribution in [0.4, 0.5) is 0 Å². The Kier molecular flexibility index (Phi) is 7.73. The van der Waals surface area contributed by atoms with Crippen LogP contribution in [-0.2, 0) is 6.16 Å². The zero-order valence-electron chi connectivity index (χ0n) is 12.4. The summed E-state index contributed by atoms with van der Waals surface area (Å²) in [5, 5.41) is 1.69. The summed E-state index contributed by atoms with van der Waals surface area (Å²) >= 11 is 12.7. The fraction of sp³-hybridized carbons (Fsp3) is 0.625. The Hall–Kier alpha value is 0.230. The molecule has 0 aliphatic heterocycles. The smallest absolute Gasteiger partial charge is 0.0838 e. The zero-order valence-corrected chi connectivity index (χ0v) is 14.8. The van der Waals surface area contributed by atoms with E-state index in [0.29, 0.717) is 0 Å². The van der Waals surface area contributed by atoms with Gasteiger partial charge in [-0.05, 0) is 31.4 Å². The van der Waals surface area contributed by atoms with E-state index in [1.165, 1.54) is 43.3 Å². The van der Waals surface area contributed by atoms with Crippen LogP contribution in [0.5, 0.6) is 0 Å². The average Bonchev–Trinajstić information content (AvgIpc) is 2.35. The first-order chi connectivity index (χ1) is 9.08. The minimum absolute atomic E-state index is 0.847. The standard InChI is InChI=1S/C16H26Cl2P/c1-4-10-19(11-5-2,12-6-3)13-14-15(17)8-7-9-16(14)18/h7-9H,4-6,10-13H2,1-3H3/q+1. The molecule has 0 radical (unpaired) electrons. The first-order valence-electron chi connectivity index (χ1n) is 7.36. The molecule has 0 N–H and O–H groups in total. The number of halogens is 2. The maximum Gasteiger partial charge on any atom is 0.0872 e. The zero-order chi connectivity index (χ0) is 14.3. The molecule has 1 rings (SSSR count). The molecule has 0 heterocycles. The van der Waals surface area contributed by atoms with Crippen LogP contribution >= 0.6 is 30.5 Å². The van der Waals surface area contributed by atoms with Crippen molar-refractivity contribution in [2.75, 3.05) is 18.5 Å². The molecule has 1 aromatic carbocycles. The molecule has 1 aromatic rings. The lowest BCUT2D eigenvalue weighted by atomic mass is 10.2. The summed E-state index contributed by atoms with van der Waals surface area (Å²) in [7, 11) is -0.941. The lowest BCUT2D eigenvalue weighted by Crippen LogP contribution is -2.10. The third kappa shape index (κ3) is 4.92. The molecule has 0 unspecified atom stereocenters. The minimum Gasteiger partial charge on any atom is -0.0838 e. The molecule has 3 heteroatoms. The van der Waals surface area contributed by atoms with Crippen LogP contribution in [0, 0.1) is 0 Å². The second-order valence-corrected chi connectivity index (χ2v) is 10.5. The number of rotatable bonds is 8. The molecule has 0 aromatic heterocycles. The summed E-state index contributed by atoms with van der Waals surface area (Å²) in [5.74, 6) is 0. The van der Waals surface area contributed by atoms with E-state index in [4.69, 9.17) is 23.2 Å². The molecule has 108 valence electrons. The summed E-state index contributed by atoms with van der Waals surface area (Å²) in [6, 6.07) is 5.89. The maximum absolute atomic E-state index is 6.37. The molecule has 0 aliphatic carbocycles. The average molecular weight is 320 g/mol. The third-order valence-electron chi connectivity index (χ3n) is 3.65. The Morgan fingerprint density at radius 1 is 0.842 bits per heavy atom. The van der Waals surface area contributed by atoms with Crippen molar-refractivity contribution in [3.05, 3.63) is 33.8 Å². The van der Waals surface area contributed by atoms with Crippen LogP contribution < -0.4 is 0 Å². The number of hydrogen-bond acceptors (Lipinski definition) is 0. The van der Waals surface area contributed by atoms with Gasteiger partial charge in [0.25, 0.3) is 0 Å². The van der Waals surface area contributed by atoms with Gasteiger partial charge in [0.05, 0.1) is 24.6 Å². The van der Waals surface area contributed by atoms with E-state index in [1.54, 1.807) is 0 Å². The van der Waals surface area contributed by atoms with Crippen molar-refractivity contribution in [1.29, 1.82) is 0 Å². The lowest BCUT2D eigenvalue weighted by molar-refractivity contribution is 0.984. The van der Waals surface area contributed by atoms with Gasteiger partial charge in [-0.1, -0.05) is 50.0 Å². The highest BCUT2D eigenvalue weighted by Gasteiger charge is 2.36. The highest BCUT2D eigenvalue weighted by Crippen LogP contribution is 2.63. The van der Waals surface area contributed by atoms with Crippen LogP contribution in [0.15, 0.2) is 18.2 Å². The van der Waals surface area contributed by atoms with E-state index < -0.39 is 7.26 Å². The molecule has 0 atom stereocenters. The number of hydrogen-bond donors (Lipinski definition) is 0. The van der Waals surface area contributed by atoms with E-state index in [9.17, 15) is 0 Å². The van der Waals surface area contributed by atoms with Crippen LogP contribution in [0.3, 0.4) is 0 Å². The van der Waals surface area contributed by atoms with Crippen LogP contribution in [0.25, 0.3) is 0 Å². The van der Waals surface area contributed by atoms with Gasteiger partial charge < -0.3 is 0 Å². The van der Waals surface area contributed by atoms with Crippen molar-refractivity contribution < 1.29 is 0 Å². The molecule has 0 bridgehead atoms. The molecule has 0 fully saturated rings. The summed E-state index contributed by atoms with van der Waals surface area (Å²) in [4.78, 5) is 0. The van der Waals surface area contributed by atoms with Crippen molar-refractivity contribution in [2.45, 2.75) is 46.2 Å². The summed E-state index contributed by atoms with van der Waals surface area (Å²) in [6.07, 6.45) is 9.06. The van der Waals surface area contributed by atoms with Gasteiger partial charge in [-0.15, -0.1) is 0 Å². The molecule has 0 nitrogen and oxygen atoms in total. The second-order valence-electron chi connectivity index (χ2n) is 5.37. The van der Waals surface area contributed by atoms with Crippen molar-refractivity contribution in [1.82, 2.24) is 0 Å². The van der Waals surface area contributed by atoms with Gasteiger partial charge in [-0.2, -0.15) is 0 Å². The van der Waals surface area contributed by atoms with Gasteiger partial charge >= 0.3 is 0 Å². The molecule has 19 heavy (non-hydrogen) atoms. The van der Waals surface area contributed by atoms with E-state index >= 15 is 0 Å². The molecular weight excluding hydrogens is 294 g/mol. The monoisotopic (exact) mass is 319 g/mol. The second kappa shape index (κ2) is 8.50. The number of benzene rings is 1. The van der Waals surface area contributed by atoms with E-state index in [-0.39, 0.29) is 0 Å². The summed E-state index contributed by atoms with van der Waals surface area (Å²) < 4.78 is 0. The fourth-order valence-corrected chi connectivity index (χ4v) is 8.73. The Labute approximate surface area is 129 Å². The van der Waals surface area contributed by atoms with Crippen molar-refractivity contribution in [3.8, 4) is 0 Å². The van der Waals surface area contributed by atoms with Gasteiger partial charge in [0.1, 0.15) is 0 Å². The van der Waals surface area contributed by atoms with E-state index in [2.05, 4.69) is 20.8 Å². The van der Waals surface area contributed by atoms with Crippen molar-refractivity contribution in [2.24, 2.45) is 0 Å². The molecular formula is C16H26Cl2P+. The Morgan fingerprint density at radius 2 is 1.26 bits per heavy atom. The predicted molar refractivity (Wildman–Crippen MR) is 92.6 cm³/mol. The molecule has 0 amide bonds. The van der Waals surface area contributed by atoms with E-state index in [0.717, 1.165) is 16.2 Å². The van der Waals surface area contributed by atoms with Gasteiger partial charge in [0, 0.05) is 22.9 Å². The third-order valence-corrected chi connectivity index (χ3v) is 9.53. The first kappa shape index (κ1) is 17.3. The Balaban J connectivity index is 3.04. The minimum atomic E-state index is -0.941. The molecule has 0 spiro atoms. The lowest BCUT2D eigenvalue weighted by Gasteiger charge is -2.27. The molecule has 0 aliphatic rings. The van der Waals surface area contributed by atoms with Crippen LogP contribution in [0.2, 0.25) is 10.0 Å². The largest absolute Gasteiger partial charge is 0.0872 e. The van der Waals surface area contributed by atoms with Gasteiger partial charge in [-0.25, -0.2) is 0 Å². The van der Waals surface area contributed by atoms with Crippen LogP contribution in [0.1, 0.15) is 45.6 Å². The summed E-state index contributed by atoms with van der Waals surface area (Å²) in [5.41, 5.74) is 1.19. The van der Waals surface area contributed by atoms with Gasteiger partial charge in [0.2, 0.25) is 0 Å². The SMILES string of the molecule is CCC[P+](CCC)(CCC)Cc1c(Cl)cccc1Cl. The highest BCUT2D eigenvalue weighted by molar-refractivity contribution is 7.75. The van der Waals surface area contributed by atoms with Gasteiger partial charge in [0.15, 0.2) is 0 Å². The Morgan fingerprint density at radius 3 is 1.63 bits per heavy atom. The topological polar surface area (TPSA) is 0 Å². The maximum atomic E-state index is 6.37. The molecule has 0 saturated heterocycles. The van der Waals surface area contributed by atoms with E-state index in [1.807, 2.05) is 18.2 Å². The Bertz CT molecular complexity index is 353. The van der Waals surface area contributed by atoms with Crippen molar-refractivity contribution >= 4 is 30.5 Å². The first-order valence-corrected chi connectivity index (χ1v) is 10.6. The highest BCUT2D eigenvalue weighted by atomic mass is 35.5. The van der Waals surface area contributed by atoms with Gasteiger partial charge in [-0.3, -0.25) is 0 Å². The summed E-state index contributed by atoms with van der Waals surface area (Å²) in [6.45, 7) is 6.90. The quantitative estimate of drug-likeness (QED) is 0.465. The van der Waals surface area contributed by atoms with Crippen LogP contribution in [-0.4, -0.2) is 18.5 Å². The van der Waals surface area contributed by atoms with Crippen molar-refractivity contribution in [3.63, 3.8) is 0 Å². The fourth-order valence-electron chi connectivity index (χ4n) is 3.01. The normalized spacial score (nSPS) is 11.8.